The van der Waals surface area contributed by atoms with Gasteiger partial charge in [-0.1, -0.05) is 30.3 Å². The van der Waals surface area contributed by atoms with Gasteiger partial charge in [0.05, 0.1) is 23.2 Å². The summed E-state index contributed by atoms with van der Waals surface area (Å²) >= 11 is 0. The summed E-state index contributed by atoms with van der Waals surface area (Å²) in [7, 11) is -9.77. The second-order valence-electron chi connectivity index (χ2n) is 5.90. The molecule has 0 aliphatic carbocycles. The minimum Gasteiger partial charge on any atom is -0.472 e. The molecule has 0 unspecified atom stereocenters. The summed E-state index contributed by atoms with van der Waals surface area (Å²) in [5.74, 6) is -1.23. The topological polar surface area (TPSA) is 90.7 Å². The van der Waals surface area contributed by atoms with E-state index in [2.05, 4.69) is 4.18 Å². The monoisotopic (exact) mass is 446 g/mol. The highest BCUT2D eigenvalue weighted by atomic mass is 32.2. The van der Waals surface area contributed by atoms with Crippen LogP contribution < -0.4 is 4.18 Å². The lowest BCUT2D eigenvalue weighted by atomic mass is 10.1. The van der Waals surface area contributed by atoms with Crippen molar-refractivity contribution in [3.63, 3.8) is 0 Å². The van der Waals surface area contributed by atoms with E-state index < -0.39 is 37.0 Å². The van der Waals surface area contributed by atoms with E-state index in [0.717, 1.165) is 6.07 Å². The average molecular weight is 446 g/mol. The molecule has 0 aliphatic heterocycles. The summed E-state index contributed by atoms with van der Waals surface area (Å²) in [6.45, 7) is 0. The molecule has 3 rings (SSSR count). The van der Waals surface area contributed by atoms with E-state index in [1.54, 1.807) is 6.07 Å². The van der Waals surface area contributed by atoms with E-state index in [9.17, 15) is 30.0 Å². The first kappa shape index (κ1) is 20.9. The van der Waals surface area contributed by atoms with Gasteiger partial charge in [-0.05, 0) is 29.8 Å². The van der Waals surface area contributed by atoms with Gasteiger partial charge in [-0.3, -0.25) is 0 Å². The van der Waals surface area contributed by atoms with E-state index in [1.807, 2.05) is 0 Å². The molecule has 2 aromatic carbocycles. The zero-order chi connectivity index (χ0) is 21.3. The summed E-state index contributed by atoms with van der Waals surface area (Å²) in [4.78, 5) is 0.0179. The van der Waals surface area contributed by atoms with Gasteiger partial charge in [0.1, 0.15) is 0 Å². The molecule has 0 atom stereocenters. The summed E-state index contributed by atoms with van der Waals surface area (Å²) in [5, 5.41) is 0. The third kappa shape index (κ3) is 4.62. The Kier molecular flexibility index (Phi) is 5.46. The SMILES string of the molecule is O=S(=O)(Cc1ccc(-c2ccoc2)c(OS(=O)(=O)C(F)(F)F)c1)c1ccccc1. The van der Waals surface area contributed by atoms with E-state index in [4.69, 9.17) is 4.42 Å². The van der Waals surface area contributed by atoms with Crippen molar-refractivity contribution >= 4 is 20.0 Å². The molecule has 0 bridgehead atoms. The van der Waals surface area contributed by atoms with Gasteiger partial charge in [0.2, 0.25) is 0 Å². The Morgan fingerprint density at radius 1 is 0.931 bits per heavy atom. The van der Waals surface area contributed by atoms with Crippen molar-refractivity contribution in [3.8, 4) is 16.9 Å². The number of hydrogen-bond donors (Lipinski definition) is 0. The van der Waals surface area contributed by atoms with E-state index in [-0.39, 0.29) is 21.6 Å². The van der Waals surface area contributed by atoms with Gasteiger partial charge in [0.15, 0.2) is 15.6 Å². The molecule has 11 heteroatoms. The molecule has 0 fully saturated rings. The summed E-state index contributed by atoms with van der Waals surface area (Å²) in [6, 6.07) is 12.4. The Morgan fingerprint density at radius 3 is 2.21 bits per heavy atom. The van der Waals surface area contributed by atoms with Crippen molar-refractivity contribution < 1.29 is 38.6 Å². The summed E-state index contributed by atoms with van der Waals surface area (Å²) in [6.07, 6.45) is 2.42. The first-order valence-electron chi connectivity index (χ1n) is 7.94. The number of hydrogen-bond acceptors (Lipinski definition) is 6. The smallest absolute Gasteiger partial charge is 0.472 e. The van der Waals surface area contributed by atoms with Crippen LogP contribution in [0.15, 0.2) is 76.4 Å². The number of halogens is 3. The molecule has 0 radical (unpaired) electrons. The van der Waals surface area contributed by atoms with E-state index >= 15 is 0 Å². The first-order chi connectivity index (χ1) is 13.5. The van der Waals surface area contributed by atoms with E-state index in [0.29, 0.717) is 0 Å². The maximum absolute atomic E-state index is 12.8. The zero-order valence-corrected chi connectivity index (χ0v) is 16.1. The molecule has 0 aliphatic rings. The number of alkyl halides is 3. The fourth-order valence-electron chi connectivity index (χ4n) is 2.48. The predicted molar refractivity (Wildman–Crippen MR) is 97.1 cm³/mol. The Morgan fingerprint density at radius 2 is 1.62 bits per heavy atom. The van der Waals surface area contributed by atoms with Crippen LogP contribution in [-0.4, -0.2) is 22.3 Å². The first-order valence-corrected chi connectivity index (χ1v) is 11.0. The van der Waals surface area contributed by atoms with Crippen LogP contribution in [0.5, 0.6) is 5.75 Å². The zero-order valence-electron chi connectivity index (χ0n) is 14.5. The number of furan rings is 1. The Labute approximate surface area is 164 Å². The average Bonchev–Trinajstić information content (AvgIpc) is 3.15. The fourth-order valence-corrected chi connectivity index (χ4v) is 4.30. The minimum absolute atomic E-state index is 0.00701. The van der Waals surface area contributed by atoms with Crippen LogP contribution in [0.2, 0.25) is 0 Å². The van der Waals surface area contributed by atoms with Gasteiger partial charge in [-0.15, -0.1) is 0 Å². The van der Waals surface area contributed by atoms with Gasteiger partial charge >= 0.3 is 15.6 Å². The fraction of sp³-hybridized carbons (Fsp3) is 0.111. The van der Waals surface area contributed by atoms with Crippen molar-refractivity contribution in [2.24, 2.45) is 0 Å². The van der Waals surface area contributed by atoms with Gasteiger partial charge in [-0.2, -0.15) is 21.6 Å². The lowest BCUT2D eigenvalue weighted by Gasteiger charge is -2.14. The second kappa shape index (κ2) is 7.56. The predicted octanol–water partition coefficient (Wildman–Crippen LogP) is 4.15. The van der Waals surface area contributed by atoms with Crippen LogP contribution in [0.1, 0.15) is 5.56 Å². The highest BCUT2D eigenvalue weighted by Crippen LogP contribution is 2.36. The molecule has 29 heavy (non-hydrogen) atoms. The van der Waals surface area contributed by atoms with E-state index in [1.165, 1.54) is 55.0 Å². The number of benzene rings is 2. The van der Waals surface area contributed by atoms with Crippen LogP contribution >= 0.6 is 0 Å². The Hall–Kier alpha value is -2.79. The van der Waals surface area contributed by atoms with Crippen molar-refractivity contribution in [2.45, 2.75) is 16.2 Å². The van der Waals surface area contributed by atoms with Crippen LogP contribution in [0.3, 0.4) is 0 Å². The van der Waals surface area contributed by atoms with Crippen molar-refractivity contribution in [3.05, 3.63) is 72.7 Å². The molecule has 0 N–H and O–H groups in total. The third-order valence-corrected chi connectivity index (χ3v) is 6.49. The second-order valence-corrected chi connectivity index (χ2v) is 9.43. The maximum Gasteiger partial charge on any atom is 0.534 e. The van der Waals surface area contributed by atoms with Crippen LogP contribution in [0, 0.1) is 0 Å². The van der Waals surface area contributed by atoms with Crippen molar-refractivity contribution in [2.75, 3.05) is 0 Å². The highest BCUT2D eigenvalue weighted by Gasteiger charge is 2.48. The largest absolute Gasteiger partial charge is 0.534 e. The molecule has 1 aromatic heterocycles. The molecular weight excluding hydrogens is 433 g/mol. The van der Waals surface area contributed by atoms with Crippen molar-refractivity contribution in [1.82, 2.24) is 0 Å². The molecule has 3 aromatic rings. The number of sulfone groups is 1. The molecular formula is C18H13F3O6S2. The number of rotatable bonds is 6. The quantitative estimate of drug-likeness (QED) is 0.417. The minimum atomic E-state index is -5.96. The third-order valence-electron chi connectivity index (χ3n) is 3.82. The Balaban J connectivity index is 2.03. The molecule has 0 saturated heterocycles. The standard InChI is InChI=1S/C18H13F3O6S2/c19-18(20,21)29(24,25)27-17-10-13(6-7-16(17)14-8-9-26-11-14)12-28(22,23)15-4-2-1-3-5-15/h1-11H,12H2. The molecule has 154 valence electrons. The van der Waals surface area contributed by atoms with Crippen LogP contribution in [0.4, 0.5) is 13.2 Å². The lowest BCUT2D eigenvalue weighted by molar-refractivity contribution is -0.0499. The molecule has 0 amide bonds. The normalized spacial score (nSPS) is 12.7. The van der Waals surface area contributed by atoms with Gasteiger partial charge in [0.25, 0.3) is 0 Å². The van der Waals surface area contributed by atoms with Crippen LogP contribution in [-0.2, 0) is 25.7 Å². The maximum atomic E-state index is 12.8. The Bertz CT molecular complexity index is 1200. The van der Waals surface area contributed by atoms with Crippen LogP contribution in [0.25, 0.3) is 11.1 Å². The molecule has 0 saturated carbocycles. The highest BCUT2D eigenvalue weighted by molar-refractivity contribution is 7.90. The van der Waals surface area contributed by atoms with Gasteiger partial charge in [-0.25, -0.2) is 8.42 Å². The summed E-state index contributed by atoms with van der Waals surface area (Å²) < 4.78 is 95.4. The molecule has 1 heterocycles. The van der Waals surface area contributed by atoms with Gasteiger partial charge in [0, 0.05) is 11.1 Å². The van der Waals surface area contributed by atoms with Crippen molar-refractivity contribution in [1.29, 1.82) is 0 Å². The summed E-state index contributed by atoms with van der Waals surface area (Å²) in [5.41, 5.74) is -5.34. The lowest BCUT2D eigenvalue weighted by Crippen LogP contribution is -2.28. The van der Waals surface area contributed by atoms with Gasteiger partial charge < -0.3 is 8.60 Å². The molecule has 6 nitrogen and oxygen atoms in total. The molecule has 0 spiro atoms.